The molecule has 42 heavy (non-hydrogen) atoms. The molecule has 3 rings (SSSR count). The van der Waals surface area contributed by atoms with Crippen molar-refractivity contribution in [2.75, 3.05) is 10.6 Å². The van der Waals surface area contributed by atoms with E-state index < -0.39 is 23.7 Å². The molecule has 2 amide bonds. The van der Waals surface area contributed by atoms with E-state index in [-0.39, 0.29) is 30.8 Å². The Balaban J connectivity index is 1.60. The van der Waals surface area contributed by atoms with Crippen molar-refractivity contribution in [2.45, 2.75) is 84.6 Å². The predicted octanol–water partition coefficient (Wildman–Crippen LogP) is 6.95. The summed E-state index contributed by atoms with van der Waals surface area (Å²) < 4.78 is 10.8. The number of carbonyl (C=O) groups excluding carboxylic acids is 3. The molecule has 3 aromatic carbocycles. The Morgan fingerprint density at radius 1 is 0.762 bits per heavy atom. The second kappa shape index (κ2) is 14.5. The molecule has 8 heteroatoms. The molecular formula is C34H43N3O5. The fourth-order valence-corrected chi connectivity index (χ4v) is 4.08. The lowest BCUT2D eigenvalue weighted by Gasteiger charge is -2.23. The van der Waals surface area contributed by atoms with Crippen LogP contribution >= 0.6 is 0 Å². The van der Waals surface area contributed by atoms with Gasteiger partial charge in [0.05, 0.1) is 11.4 Å². The van der Waals surface area contributed by atoms with Gasteiger partial charge in [0, 0.05) is 13.0 Å². The van der Waals surface area contributed by atoms with E-state index in [0.29, 0.717) is 12.2 Å². The minimum absolute atomic E-state index is 0.0243. The maximum atomic E-state index is 13.0. The second-order valence-electron chi connectivity index (χ2n) is 12.2. The molecule has 0 heterocycles. The summed E-state index contributed by atoms with van der Waals surface area (Å²) in [6.45, 7) is 12.4. The summed E-state index contributed by atoms with van der Waals surface area (Å²) in [7, 11) is 0. The third-order valence-electron chi connectivity index (χ3n) is 6.36. The molecule has 224 valence electrons. The summed E-state index contributed by atoms with van der Waals surface area (Å²) >= 11 is 0. The van der Waals surface area contributed by atoms with Crippen molar-refractivity contribution < 1.29 is 23.9 Å². The number of hydrogen-bond donors (Lipinski definition) is 3. The number of benzene rings is 3. The molecule has 0 aliphatic heterocycles. The van der Waals surface area contributed by atoms with Gasteiger partial charge in [-0.15, -0.1) is 0 Å². The van der Waals surface area contributed by atoms with E-state index in [1.807, 2.05) is 54.6 Å². The molecule has 8 nitrogen and oxygen atoms in total. The fourth-order valence-electron chi connectivity index (χ4n) is 4.08. The molecule has 0 radical (unpaired) electrons. The highest BCUT2D eigenvalue weighted by molar-refractivity contribution is 5.94. The smallest absolute Gasteiger partial charge is 0.408 e. The molecule has 3 aromatic rings. The minimum Gasteiger partial charge on any atom is -0.459 e. The molecule has 0 spiro atoms. The van der Waals surface area contributed by atoms with Crippen LogP contribution in [0.5, 0.6) is 0 Å². The zero-order chi connectivity index (χ0) is 30.8. The number of para-hydroxylation sites is 2. The molecule has 0 saturated carbocycles. The molecule has 0 bridgehead atoms. The number of carbonyl (C=O) groups is 3. The predicted molar refractivity (Wildman–Crippen MR) is 166 cm³/mol. The number of anilines is 2. The first kappa shape index (κ1) is 32.2. The Hall–Kier alpha value is -4.33. The number of hydrogen-bond acceptors (Lipinski definition) is 6. The van der Waals surface area contributed by atoms with Gasteiger partial charge in [-0.3, -0.25) is 4.79 Å². The number of alkyl carbamates (subject to hydrolysis) is 1. The molecule has 0 aliphatic carbocycles. The zero-order valence-corrected chi connectivity index (χ0v) is 25.5. The van der Waals surface area contributed by atoms with Crippen molar-refractivity contribution in [3.8, 4) is 0 Å². The minimum atomic E-state index is -1.06. The molecule has 0 fully saturated rings. The average Bonchev–Trinajstić information content (AvgIpc) is 2.93. The molecule has 0 unspecified atom stereocenters. The Kier molecular flexibility index (Phi) is 11.1. The molecule has 0 aromatic heterocycles. The van der Waals surface area contributed by atoms with Crippen molar-refractivity contribution in [2.24, 2.45) is 0 Å². The maximum Gasteiger partial charge on any atom is 0.408 e. The van der Waals surface area contributed by atoms with Gasteiger partial charge in [0.25, 0.3) is 0 Å². The van der Waals surface area contributed by atoms with Crippen LogP contribution in [0.25, 0.3) is 0 Å². The molecule has 3 N–H and O–H groups in total. The lowest BCUT2D eigenvalue weighted by atomic mass is 9.87. The Morgan fingerprint density at radius 3 is 2.00 bits per heavy atom. The number of ether oxygens (including phenoxy) is 2. The summed E-state index contributed by atoms with van der Waals surface area (Å²) in [6.07, 6.45) is -0.743. The second-order valence-corrected chi connectivity index (χ2v) is 12.2. The van der Waals surface area contributed by atoms with Crippen molar-refractivity contribution in [1.82, 2.24) is 5.32 Å². The summed E-state index contributed by atoms with van der Waals surface area (Å²) in [4.78, 5) is 38.3. The first-order chi connectivity index (χ1) is 19.8. The van der Waals surface area contributed by atoms with Crippen LogP contribution in [0.1, 0.15) is 71.1 Å². The first-order valence-corrected chi connectivity index (χ1v) is 14.2. The highest BCUT2D eigenvalue weighted by atomic mass is 16.6. The standard InChI is InChI=1S/C34H43N3O5/c1-33(2,3)26-18-16-24(17-19-26)22-35-27-14-10-11-15-28(27)36-30(38)21-20-29(37-32(40)42-34(4,5)6)31(39)41-23-25-12-8-7-9-13-25/h7-19,29,35H,20-23H2,1-6H3,(H,36,38)(H,37,40)/t29-/m0/s1. The van der Waals surface area contributed by atoms with Crippen LogP contribution in [0.4, 0.5) is 16.2 Å². The van der Waals surface area contributed by atoms with Crippen molar-refractivity contribution >= 4 is 29.3 Å². The van der Waals surface area contributed by atoms with Crippen LogP contribution in [0.2, 0.25) is 0 Å². The summed E-state index contributed by atoms with van der Waals surface area (Å²) in [6, 6.07) is 24.1. The van der Waals surface area contributed by atoms with E-state index in [4.69, 9.17) is 9.47 Å². The van der Waals surface area contributed by atoms with Crippen molar-refractivity contribution in [3.63, 3.8) is 0 Å². The van der Waals surface area contributed by atoms with E-state index in [1.165, 1.54) is 5.56 Å². The van der Waals surface area contributed by atoms with Crippen LogP contribution in [0.3, 0.4) is 0 Å². The van der Waals surface area contributed by atoms with Gasteiger partial charge in [0.2, 0.25) is 5.91 Å². The van der Waals surface area contributed by atoms with Gasteiger partial charge < -0.3 is 25.4 Å². The van der Waals surface area contributed by atoms with Gasteiger partial charge in [-0.1, -0.05) is 87.5 Å². The van der Waals surface area contributed by atoms with Crippen LogP contribution in [-0.4, -0.2) is 29.6 Å². The van der Waals surface area contributed by atoms with E-state index in [2.05, 4.69) is 61.0 Å². The molecule has 0 aliphatic rings. The lowest BCUT2D eigenvalue weighted by molar-refractivity contribution is -0.147. The van der Waals surface area contributed by atoms with Gasteiger partial charge >= 0.3 is 12.1 Å². The monoisotopic (exact) mass is 573 g/mol. The molecule has 0 saturated heterocycles. The highest BCUT2D eigenvalue weighted by Crippen LogP contribution is 2.24. The normalized spacial score (nSPS) is 12.1. The number of rotatable bonds is 11. The van der Waals surface area contributed by atoms with Gasteiger partial charge in [0.15, 0.2) is 0 Å². The van der Waals surface area contributed by atoms with Crippen LogP contribution < -0.4 is 16.0 Å². The van der Waals surface area contributed by atoms with Gasteiger partial charge in [-0.2, -0.15) is 0 Å². The van der Waals surface area contributed by atoms with E-state index in [9.17, 15) is 14.4 Å². The Bertz CT molecular complexity index is 1330. The van der Waals surface area contributed by atoms with Gasteiger partial charge in [0.1, 0.15) is 18.2 Å². The van der Waals surface area contributed by atoms with Crippen LogP contribution in [-0.2, 0) is 37.6 Å². The summed E-state index contributed by atoms with van der Waals surface area (Å²) in [5.74, 6) is -0.942. The lowest BCUT2D eigenvalue weighted by Crippen LogP contribution is -2.44. The Labute approximate surface area is 249 Å². The molecule has 1 atom stereocenters. The maximum absolute atomic E-state index is 13.0. The summed E-state index contributed by atoms with van der Waals surface area (Å²) in [5, 5.41) is 8.88. The van der Waals surface area contributed by atoms with Crippen LogP contribution in [0.15, 0.2) is 78.9 Å². The van der Waals surface area contributed by atoms with Gasteiger partial charge in [-0.05, 0) is 61.4 Å². The SMILES string of the molecule is CC(C)(C)OC(=O)N[C@@H](CCC(=O)Nc1ccccc1NCc1ccc(C(C)(C)C)cc1)C(=O)OCc1ccccc1. The van der Waals surface area contributed by atoms with Crippen LogP contribution in [0, 0.1) is 0 Å². The number of nitrogens with one attached hydrogen (secondary N) is 3. The van der Waals surface area contributed by atoms with E-state index >= 15 is 0 Å². The third kappa shape index (κ3) is 10.9. The third-order valence-corrected chi connectivity index (χ3v) is 6.36. The molecular weight excluding hydrogens is 530 g/mol. The topological polar surface area (TPSA) is 106 Å². The van der Waals surface area contributed by atoms with E-state index in [0.717, 1.165) is 16.8 Å². The first-order valence-electron chi connectivity index (χ1n) is 14.2. The quantitative estimate of drug-likeness (QED) is 0.214. The Morgan fingerprint density at radius 2 is 1.38 bits per heavy atom. The van der Waals surface area contributed by atoms with E-state index in [1.54, 1.807) is 20.8 Å². The number of amides is 2. The average molecular weight is 574 g/mol. The van der Waals surface area contributed by atoms with Gasteiger partial charge in [-0.25, -0.2) is 9.59 Å². The summed E-state index contributed by atoms with van der Waals surface area (Å²) in [5.41, 5.74) is 3.94. The highest BCUT2D eigenvalue weighted by Gasteiger charge is 2.26. The fraction of sp³-hybridized carbons (Fsp3) is 0.382. The largest absolute Gasteiger partial charge is 0.459 e. The number of esters is 1. The zero-order valence-electron chi connectivity index (χ0n) is 25.5. The van der Waals surface area contributed by atoms with Crippen molar-refractivity contribution in [3.05, 3.63) is 95.6 Å². The van der Waals surface area contributed by atoms with Crippen molar-refractivity contribution in [1.29, 1.82) is 0 Å².